The van der Waals surface area contributed by atoms with Gasteiger partial charge in [0, 0.05) is 23.7 Å². The molecule has 2 heterocycles. The van der Waals surface area contributed by atoms with Crippen molar-refractivity contribution < 1.29 is 28.6 Å². The third-order valence-corrected chi connectivity index (χ3v) is 5.86. The van der Waals surface area contributed by atoms with Gasteiger partial charge < -0.3 is 19.5 Å². The molecule has 4 rings (SSSR count). The fraction of sp³-hybridized carbons (Fsp3) is 0.375. The second-order valence-electron chi connectivity index (χ2n) is 7.96. The fourth-order valence-electron chi connectivity index (χ4n) is 3.84. The number of anilines is 1. The van der Waals surface area contributed by atoms with Crippen molar-refractivity contribution in [2.24, 2.45) is 0 Å². The van der Waals surface area contributed by atoms with Crippen molar-refractivity contribution in [2.45, 2.75) is 31.9 Å². The molecule has 2 amide bonds. The van der Waals surface area contributed by atoms with Crippen LogP contribution >= 0.6 is 11.6 Å². The Bertz CT molecular complexity index is 1050. The molecule has 0 unspecified atom stereocenters. The topological polar surface area (TPSA) is 94.2 Å². The first-order valence-electron chi connectivity index (χ1n) is 10.8. The number of halogens is 1. The van der Waals surface area contributed by atoms with E-state index < -0.39 is 6.04 Å². The summed E-state index contributed by atoms with van der Waals surface area (Å²) < 4.78 is 16.6. The molecule has 2 aliphatic rings. The summed E-state index contributed by atoms with van der Waals surface area (Å²) in [5.74, 6) is -0.0350. The van der Waals surface area contributed by atoms with Gasteiger partial charge in [-0.3, -0.25) is 19.3 Å². The molecule has 0 aromatic heterocycles. The molecule has 33 heavy (non-hydrogen) atoms. The predicted octanol–water partition coefficient (Wildman–Crippen LogP) is 3.01. The molecule has 0 radical (unpaired) electrons. The fourth-order valence-corrected chi connectivity index (χ4v) is 4.02. The number of amides is 2. The van der Waals surface area contributed by atoms with Crippen molar-refractivity contribution >= 4 is 34.9 Å². The number of ketones is 1. The summed E-state index contributed by atoms with van der Waals surface area (Å²) in [5, 5.41) is 3.36. The minimum Gasteiger partial charge on any atom is -0.485 e. The average molecular weight is 473 g/mol. The van der Waals surface area contributed by atoms with Gasteiger partial charge in [0.1, 0.15) is 17.5 Å². The molecule has 0 bridgehead atoms. The number of carbonyl (C=O) groups is 3. The number of fused-ring (bicyclic) bond motifs is 1. The van der Waals surface area contributed by atoms with Crippen LogP contribution in [0.25, 0.3) is 0 Å². The zero-order valence-electron chi connectivity index (χ0n) is 18.2. The van der Waals surface area contributed by atoms with Crippen LogP contribution in [0, 0.1) is 0 Å². The van der Waals surface area contributed by atoms with Gasteiger partial charge in [-0.05, 0) is 56.2 Å². The third kappa shape index (κ3) is 5.46. The summed E-state index contributed by atoms with van der Waals surface area (Å²) in [6.45, 7) is 2.36. The lowest BCUT2D eigenvalue weighted by Gasteiger charge is -2.33. The van der Waals surface area contributed by atoms with E-state index in [2.05, 4.69) is 5.32 Å². The van der Waals surface area contributed by atoms with Crippen LogP contribution in [0.5, 0.6) is 11.5 Å². The highest BCUT2D eigenvalue weighted by Gasteiger charge is 2.34. The summed E-state index contributed by atoms with van der Waals surface area (Å²) >= 11 is 5.94. The van der Waals surface area contributed by atoms with Gasteiger partial charge in [-0.1, -0.05) is 17.7 Å². The van der Waals surface area contributed by atoms with Gasteiger partial charge in [0.05, 0.1) is 11.8 Å². The molecule has 9 heteroatoms. The Labute approximate surface area is 196 Å². The Balaban J connectivity index is 1.47. The Morgan fingerprint density at radius 1 is 1.27 bits per heavy atom. The molecule has 2 aromatic rings. The van der Waals surface area contributed by atoms with Crippen LogP contribution in [-0.2, 0) is 14.3 Å². The highest BCUT2D eigenvalue weighted by Crippen LogP contribution is 2.34. The van der Waals surface area contributed by atoms with E-state index in [4.69, 9.17) is 25.8 Å². The molecule has 2 aromatic carbocycles. The van der Waals surface area contributed by atoms with E-state index in [-0.39, 0.29) is 36.9 Å². The largest absolute Gasteiger partial charge is 0.485 e. The summed E-state index contributed by atoms with van der Waals surface area (Å²) in [4.78, 5) is 39.5. The molecule has 2 atom stereocenters. The van der Waals surface area contributed by atoms with Crippen molar-refractivity contribution in [1.29, 1.82) is 0 Å². The highest BCUT2D eigenvalue weighted by molar-refractivity contribution is 6.30. The van der Waals surface area contributed by atoms with Crippen molar-refractivity contribution in [3.63, 3.8) is 0 Å². The molecule has 1 fully saturated rings. The third-order valence-electron chi connectivity index (χ3n) is 5.62. The van der Waals surface area contributed by atoms with E-state index in [1.54, 1.807) is 49.4 Å². The number of hydrogen-bond acceptors (Lipinski definition) is 6. The lowest BCUT2D eigenvalue weighted by atomic mass is 10.1. The van der Waals surface area contributed by atoms with Crippen molar-refractivity contribution in [1.82, 2.24) is 5.32 Å². The van der Waals surface area contributed by atoms with Crippen LogP contribution < -0.4 is 19.7 Å². The molecule has 0 aliphatic carbocycles. The maximum absolute atomic E-state index is 12.8. The molecule has 8 nitrogen and oxygen atoms in total. The summed E-state index contributed by atoms with van der Waals surface area (Å²) in [5.41, 5.74) is 0.714. The first-order chi connectivity index (χ1) is 15.9. The summed E-state index contributed by atoms with van der Waals surface area (Å²) in [6.07, 6.45) is 1.87. The minimum atomic E-state index is -0.783. The first-order valence-corrected chi connectivity index (χ1v) is 11.2. The van der Waals surface area contributed by atoms with Gasteiger partial charge in [-0.15, -0.1) is 0 Å². The predicted molar refractivity (Wildman–Crippen MR) is 122 cm³/mol. The van der Waals surface area contributed by atoms with Crippen LogP contribution in [0.4, 0.5) is 5.69 Å². The molecule has 0 saturated carbocycles. The van der Waals surface area contributed by atoms with Crippen LogP contribution in [0.3, 0.4) is 0 Å². The van der Waals surface area contributed by atoms with Gasteiger partial charge in [0.25, 0.3) is 5.91 Å². The van der Waals surface area contributed by atoms with Crippen LogP contribution in [-0.4, -0.2) is 56.1 Å². The van der Waals surface area contributed by atoms with Crippen LogP contribution in [0.1, 0.15) is 30.1 Å². The Kier molecular flexibility index (Phi) is 7.15. The van der Waals surface area contributed by atoms with E-state index in [9.17, 15) is 14.4 Å². The Morgan fingerprint density at radius 2 is 2.12 bits per heavy atom. The van der Waals surface area contributed by atoms with Crippen molar-refractivity contribution in [3.8, 4) is 11.5 Å². The van der Waals surface area contributed by atoms with E-state index >= 15 is 0 Å². The highest BCUT2D eigenvalue weighted by atomic mass is 35.5. The van der Waals surface area contributed by atoms with Gasteiger partial charge in [-0.25, -0.2) is 0 Å². The number of hydrogen-bond donors (Lipinski definition) is 1. The number of nitrogens with zero attached hydrogens (tertiary/aromatic N) is 1. The van der Waals surface area contributed by atoms with E-state index in [0.29, 0.717) is 40.9 Å². The maximum Gasteiger partial charge on any atom is 0.265 e. The number of Topliss-reactive ketones (excluding diaryl/α,β-unsaturated/α-hetero) is 1. The minimum absolute atomic E-state index is 0.00227. The first kappa shape index (κ1) is 23.1. The molecule has 1 N–H and O–H groups in total. The standard InChI is InChI=1S/C24H25ClN2O6/c1-15(24(30)26-12-19-6-3-9-31-19)27-20-10-16(7-8-22(20)33-14-23(27)29)21(28)13-32-18-5-2-4-17(25)11-18/h2,4-5,7-8,10-11,15,19H,3,6,9,12-14H2,1H3,(H,26,30)/t15-,19-/m0/s1. The second-order valence-corrected chi connectivity index (χ2v) is 8.40. The van der Waals surface area contributed by atoms with E-state index in [1.807, 2.05) is 0 Å². The Hall–Kier alpha value is -3.10. The number of ether oxygens (including phenoxy) is 3. The van der Waals surface area contributed by atoms with Gasteiger partial charge in [0.2, 0.25) is 5.91 Å². The molecule has 174 valence electrons. The lowest BCUT2D eigenvalue weighted by molar-refractivity contribution is -0.127. The number of carbonyl (C=O) groups excluding carboxylic acids is 3. The molecule has 1 saturated heterocycles. The number of rotatable bonds is 8. The number of nitrogens with one attached hydrogen (secondary N) is 1. The Morgan fingerprint density at radius 3 is 2.88 bits per heavy atom. The summed E-state index contributed by atoms with van der Waals surface area (Å²) in [6, 6.07) is 10.8. The molecular weight excluding hydrogens is 448 g/mol. The zero-order valence-corrected chi connectivity index (χ0v) is 19.0. The van der Waals surface area contributed by atoms with Crippen molar-refractivity contribution in [2.75, 3.05) is 31.3 Å². The molecule has 2 aliphatic heterocycles. The number of benzene rings is 2. The quantitative estimate of drug-likeness (QED) is 0.593. The molecular formula is C24H25ClN2O6. The SMILES string of the molecule is C[C@@H](C(=O)NC[C@@H]1CCCO1)N1C(=O)COc2ccc(C(=O)COc3cccc(Cl)c3)cc21. The zero-order chi connectivity index (χ0) is 23.4. The van der Waals surface area contributed by atoms with Gasteiger partial charge >= 0.3 is 0 Å². The van der Waals surface area contributed by atoms with E-state index in [1.165, 1.54) is 4.90 Å². The van der Waals surface area contributed by atoms with Crippen LogP contribution in [0.15, 0.2) is 42.5 Å². The molecule has 0 spiro atoms. The van der Waals surface area contributed by atoms with Gasteiger partial charge in [-0.2, -0.15) is 0 Å². The van der Waals surface area contributed by atoms with E-state index in [0.717, 1.165) is 12.8 Å². The smallest absolute Gasteiger partial charge is 0.265 e. The maximum atomic E-state index is 12.8. The normalized spacial score (nSPS) is 18.3. The second kappa shape index (κ2) is 10.2. The summed E-state index contributed by atoms with van der Waals surface area (Å²) in [7, 11) is 0. The lowest BCUT2D eigenvalue weighted by Crippen LogP contribution is -2.52. The van der Waals surface area contributed by atoms with Crippen LogP contribution in [0.2, 0.25) is 5.02 Å². The average Bonchev–Trinajstić information content (AvgIpc) is 3.34. The van der Waals surface area contributed by atoms with Crippen molar-refractivity contribution in [3.05, 3.63) is 53.1 Å². The monoisotopic (exact) mass is 472 g/mol. The van der Waals surface area contributed by atoms with Gasteiger partial charge in [0.15, 0.2) is 19.0 Å².